The molecule has 0 saturated heterocycles. The van der Waals surface area contributed by atoms with Crippen molar-refractivity contribution >= 4 is 0 Å². The molecule has 0 spiro atoms. The Bertz CT molecular complexity index is 373. The molecular weight excluding hydrogens is 229 g/mol. The molecule has 0 aliphatic heterocycles. The lowest BCUT2D eigenvalue weighted by Gasteiger charge is -2.34. The molecule has 0 aliphatic carbocycles. The zero-order valence-electron chi connectivity index (χ0n) is 11.7. The van der Waals surface area contributed by atoms with Crippen molar-refractivity contribution in [2.45, 2.75) is 46.2 Å². The van der Waals surface area contributed by atoms with Gasteiger partial charge in [0.1, 0.15) is 5.82 Å². The Kier molecular flexibility index (Phi) is 5.29. The van der Waals surface area contributed by atoms with Gasteiger partial charge in [0.05, 0.1) is 0 Å². The summed E-state index contributed by atoms with van der Waals surface area (Å²) in [5, 5.41) is 12.6. The molecule has 0 bridgehead atoms. The lowest BCUT2D eigenvalue weighted by atomic mass is 9.84. The van der Waals surface area contributed by atoms with Crippen molar-refractivity contribution in [3.8, 4) is 0 Å². The standard InChI is InChI=1S/C15H24FNO/c1-11(12-6-5-7-13(16)10-12)17-14(8-9-18)15(2,3)4/h5-7,10-11,14,17-18H,8-9H2,1-4H3. The number of aliphatic hydroxyl groups is 1. The van der Waals surface area contributed by atoms with Gasteiger partial charge in [-0.15, -0.1) is 0 Å². The summed E-state index contributed by atoms with van der Waals surface area (Å²) in [7, 11) is 0. The Hall–Kier alpha value is -0.930. The summed E-state index contributed by atoms with van der Waals surface area (Å²) in [5.74, 6) is -0.212. The molecule has 3 heteroatoms. The number of hydrogen-bond donors (Lipinski definition) is 2. The third-order valence-corrected chi connectivity index (χ3v) is 3.26. The molecule has 2 unspecified atom stereocenters. The zero-order valence-corrected chi connectivity index (χ0v) is 11.7. The number of benzene rings is 1. The molecule has 0 fully saturated rings. The van der Waals surface area contributed by atoms with Crippen molar-refractivity contribution in [2.75, 3.05) is 6.61 Å². The van der Waals surface area contributed by atoms with Gasteiger partial charge in [-0.25, -0.2) is 4.39 Å². The minimum atomic E-state index is -0.212. The maximum atomic E-state index is 13.2. The molecule has 0 aromatic heterocycles. The van der Waals surface area contributed by atoms with Crippen molar-refractivity contribution < 1.29 is 9.50 Å². The third-order valence-electron chi connectivity index (χ3n) is 3.26. The van der Waals surface area contributed by atoms with Crippen LogP contribution in [0.15, 0.2) is 24.3 Å². The molecule has 0 saturated carbocycles. The van der Waals surface area contributed by atoms with Gasteiger partial charge in [-0.1, -0.05) is 32.9 Å². The van der Waals surface area contributed by atoms with E-state index in [9.17, 15) is 4.39 Å². The van der Waals surface area contributed by atoms with E-state index in [2.05, 4.69) is 26.1 Å². The highest BCUT2D eigenvalue weighted by Gasteiger charge is 2.25. The molecule has 1 rings (SSSR count). The number of nitrogens with one attached hydrogen (secondary N) is 1. The van der Waals surface area contributed by atoms with Crippen molar-refractivity contribution in [1.29, 1.82) is 0 Å². The first-order valence-electron chi connectivity index (χ1n) is 6.47. The van der Waals surface area contributed by atoms with Crippen LogP contribution in [0.25, 0.3) is 0 Å². The van der Waals surface area contributed by atoms with Gasteiger partial charge in [0.25, 0.3) is 0 Å². The summed E-state index contributed by atoms with van der Waals surface area (Å²) in [6.07, 6.45) is 0.698. The van der Waals surface area contributed by atoms with E-state index in [0.29, 0.717) is 6.42 Å². The fourth-order valence-electron chi connectivity index (χ4n) is 2.07. The fourth-order valence-corrected chi connectivity index (χ4v) is 2.07. The summed E-state index contributed by atoms with van der Waals surface area (Å²) in [4.78, 5) is 0. The van der Waals surface area contributed by atoms with Gasteiger partial charge >= 0.3 is 0 Å². The molecule has 0 aliphatic rings. The van der Waals surface area contributed by atoms with Crippen molar-refractivity contribution in [2.24, 2.45) is 5.41 Å². The molecule has 18 heavy (non-hydrogen) atoms. The van der Waals surface area contributed by atoms with Gasteiger partial charge < -0.3 is 10.4 Å². The summed E-state index contributed by atoms with van der Waals surface area (Å²) in [6.45, 7) is 8.59. The Morgan fingerprint density at radius 2 is 2.00 bits per heavy atom. The second-order valence-electron chi connectivity index (χ2n) is 5.87. The van der Waals surface area contributed by atoms with Crippen LogP contribution in [0.3, 0.4) is 0 Å². The first-order valence-corrected chi connectivity index (χ1v) is 6.47. The molecular formula is C15H24FNO. The van der Waals surface area contributed by atoms with Gasteiger partial charge in [0.15, 0.2) is 0 Å². The van der Waals surface area contributed by atoms with Crippen LogP contribution in [-0.2, 0) is 0 Å². The summed E-state index contributed by atoms with van der Waals surface area (Å²) in [6, 6.07) is 6.90. The molecule has 0 radical (unpaired) electrons. The van der Waals surface area contributed by atoms with Gasteiger partial charge in [-0.2, -0.15) is 0 Å². The highest BCUT2D eigenvalue weighted by Crippen LogP contribution is 2.25. The van der Waals surface area contributed by atoms with Crippen LogP contribution in [0.5, 0.6) is 0 Å². The Morgan fingerprint density at radius 3 is 2.50 bits per heavy atom. The molecule has 2 nitrogen and oxygen atoms in total. The van der Waals surface area contributed by atoms with Gasteiger partial charge in [0.2, 0.25) is 0 Å². The van der Waals surface area contributed by atoms with Crippen LogP contribution < -0.4 is 5.32 Å². The largest absolute Gasteiger partial charge is 0.396 e. The lowest BCUT2D eigenvalue weighted by molar-refractivity contribution is 0.188. The Labute approximate surface area is 109 Å². The maximum absolute atomic E-state index is 13.2. The fraction of sp³-hybridized carbons (Fsp3) is 0.600. The normalized spacial score (nSPS) is 15.4. The first kappa shape index (κ1) is 15.1. The maximum Gasteiger partial charge on any atom is 0.123 e. The van der Waals surface area contributed by atoms with Crippen LogP contribution in [-0.4, -0.2) is 17.8 Å². The Morgan fingerprint density at radius 1 is 1.33 bits per heavy atom. The smallest absolute Gasteiger partial charge is 0.123 e. The highest BCUT2D eigenvalue weighted by atomic mass is 19.1. The summed E-state index contributed by atoms with van der Waals surface area (Å²) in [5.41, 5.74) is 0.992. The van der Waals surface area contributed by atoms with E-state index in [1.54, 1.807) is 12.1 Å². The summed E-state index contributed by atoms with van der Waals surface area (Å²) < 4.78 is 13.2. The average molecular weight is 253 g/mol. The van der Waals surface area contributed by atoms with Crippen molar-refractivity contribution in [3.63, 3.8) is 0 Å². The number of aliphatic hydroxyl groups excluding tert-OH is 1. The minimum Gasteiger partial charge on any atom is -0.396 e. The second kappa shape index (κ2) is 6.30. The van der Waals surface area contributed by atoms with E-state index in [1.165, 1.54) is 6.07 Å². The Balaban J connectivity index is 2.75. The zero-order chi connectivity index (χ0) is 13.8. The predicted molar refractivity (Wildman–Crippen MR) is 72.9 cm³/mol. The molecule has 0 amide bonds. The lowest BCUT2D eigenvalue weighted by Crippen LogP contribution is -2.42. The van der Waals surface area contributed by atoms with Gasteiger partial charge in [-0.05, 0) is 36.5 Å². The molecule has 0 heterocycles. The summed E-state index contributed by atoms with van der Waals surface area (Å²) >= 11 is 0. The molecule has 102 valence electrons. The van der Waals surface area contributed by atoms with E-state index < -0.39 is 0 Å². The molecule has 2 atom stereocenters. The third kappa shape index (κ3) is 4.39. The van der Waals surface area contributed by atoms with Crippen LogP contribution in [0.1, 0.15) is 45.7 Å². The van der Waals surface area contributed by atoms with E-state index >= 15 is 0 Å². The van der Waals surface area contributed by atoms with E-state index in [4.69, 9.17) is 5.11 Å². The van der Waals surface area contributed by atoms with Crippen LogP contribution in [0, 0.1) is 11.2 Å². The van der Waals surface area contributed by atoms with E-state index in [1.807, 2.05) is 13.0 Å². The van der Waals surface area contributed by atoms with E-state index in [0.717, 1.165) is 5.56 Å². The minimum absolute atomic E-state index is 0.0598. The topological polar surface area (TPSA) is 32.3 Å². The average Bonchev–Trinajstić information content (AvgIpc) is 2.27. The van der Waals surface area contributed by atoms with E-state index in [-0.39, 0.29) is 29.9 Å². The number of rotatable bonds is 5. The predicted octanol–water partition coefficient (Wildman–Crippen LogP) is 3.27. The highest BCUT2D eigenvalue weighted by molar-refractivity contribution is 5.19. The monoisotopic (exact) mass is 253 g/mol. The first-order chi connectivity index (χ1) is 8.34. The molecule has 2 N–H and O–H groups in total. The van der Waals surface area contributed by atoms with Gasteiger partial charge in [0, 0.05) is 18.7 Å². The van der Waals surface area contributed by atoms with Crippen LogP contribution >= 0.6 is 0 Å². The second-order valence-corrected chi connectivity index (χ2v) is 5.87. The quantitative estimate of drug-likeness (QED) is 0.844. The van der Waals surface area contributed by atoms with Crippen molar-refractivity contribution in [3.05, 3.63) is 35.6 Å². The molecule has 1 aromatic carbocycles. The molecule has 1 aromatic rings. The van der Waals surface area contributed by atoms with Crippen LogP contribution in [0.4, 0.5) is 4.39 Å². The van der Waals surface area contributed by atoms with Crippen molar-refractivity contribution in [1.82, 2.24) is 5.32 Å². The SMILES string of the molecule is CC(NC(CCO)C(C)(C)C)c1cccc(F)c1. The van der Waals surface area contributed by atoms with Crippen LogP contribution in [0.2, 0.25) is 0 Å². The number of hydrogen-bond acceptors (Lipinski definition) is 2. The number of halogens is 1. The van der Waals surface area contributed by atoms with Gasteiger partial charge in [-0.3, -0.25) is 0 Å².